The Morgan fingerprint density at radius 3 is 2.20 bits per heavy atom. The molecule has 0 spiro atoms. The van der Waals surface area contributed by atoms with E-state index >= 15 is 0 Å². The Labute approximate surface area is 110 Å². The van der Waals surface area contributed by atoms with Crippen molar-refractivity contribution in [3.8, 4) is 5.75 Å². The maximum absolute atomic E-state index is 10.7. The summed E-state index contributed by atoms with van der Waals surface area (Å²) >= 11 is 5.67. The number of ether oxygens (including phenoxy) is 1. The van der Waals surface area contributed by atoms with Gasteiger partial charge in [0.05, 0.1) is 0 Å². The van der Waals surface area contributed by atoms with Gasteiger partial charge in [-0.15, -0.1) is 0 Å². The third-order valence-electron chi connectivity index (χ3n) is 1.70. The Bertz CT molecular complexity index is 335. The normalized spacial score (nSPS) is 10.3. The van der Waals surface area contributed by atoms with E-state index in [1.807, 2.05) is 0 Å². The van der Waals surface area contributed by atoms with Crippen LogP contribution < -0.4 is 4.74 Å². The molecule has 0 saturated heterocycles. The average molecular weight is 241 g/mol. The Balaban J connectivity index is 0.00000196. The predicted molar refractivity (Wildman–Crippen MR) is 62.3 cm³/mol. The fraction of sp³-hybridized carbons (Fsp3) is 0.300. The van der Waals surface area contributed by atoms with Crippen LogP contribution in [0.1, 0.15) is 13.8 Å². The summed E-state index contributed by atoms with van der Waals surface area (Å²) in [6, 6.07) is 6.56. The van der Waals surface area contributed by atoms with Gasteiger partial charge in [-0.25, -0.2) is 4.79 Å². The highest BCUT2D eigenvalue weighted by Gasteiger charge is 2.29. The first-order chi connectivity index (χ1) is 6.42. The summed E-state index contributed by atoms with van der Waals surface area (Å²) in [5, 5.41) is 9.39. The summed E-state index contributed by atoms with van der Waals surface area (Å²) in [5.41, 5.74) is -1.23. The lowest BCUT2D eigenvalue weighted by atomic mass is 10.1. The summed E-state index contributed by atoms with van der Waals surface area (Å²) in [6.45, 7) is 2.98. The molecule has 3 nitrogen and oxygen atoms in total. The zero-order valence-corrected chi connectivity index (χ0v) is 8.71. The van der Waals surface area contributed by atoms with Crippen molar-refractivity contribution in [3.05, 3.63) is 29.3 Å². The van der Waals surface area contributed by atoms with Gasteiger partial charge in [0.15, 0.2) is 5.60 Å². The van der Waals surface area contributed by atoms with E-state index in [2.05, 4.69) is 0 Å². The van der Waals surface area contributed by atoms with Crippen molar-refractivity contribution >= 4 is 40.6 Å². The van der Waals surface area contributed by atoms with Crippen molar-refractivity contribution in [1.82, 2.24) is 0 Å². The molecule has 0 amide bonds. The van der Waals surface area contributed by atoms with Crippen LogP contribution in [0.2, 0.25) is 5.02 Å². The molecule has 0 aromatic heterocycles. The largest absolute Gasteiger partial charge is 0.478 e. The molecular weight excluding hydrogens is 228 g/mol. The molecule has 0 atom stereocenters. The zero-order chi connectivity index (χ0) is 10.8. The number of carboxylic acid groups (broad SMARTS) is 1. The minimum absolute atomic E-state index is 0. The summed E-state index contributed by atoms with van der Waals surface area (Å²) in [6.07, 6.45) is 0. The van der Waals surface area contributed by atoms with E-state index in [-0.39, 0.29) is 23.1 Å². The number of halogens is 1. The molecule has 80 valence electrons. The van der Waals surface area contributed by atoms with Crippen LogP contribution >= 0.6 is 11.6 Å². The van der Waals surface area contributed by atoms with Crippen LogP contribution in [0.3, 0.4) is 0 Å². The van der Waals surface area contributed by atoms with Gasteiger partial charge in [0, 0.05) is 5.02 Å². The Hall–Kier alpha value is -0.454. The molecule has 0 saturated carbocycles. The van der Waals surface area contributed by atoms with Crippen LogP contribution in [0.15, 0.2) is 24.3 Å². The summed E-state index contributed by atoms with van der Waals surface area (Å²) in [7, 11) is 0. The van der Waals surface area contributed by atoms with Crippen molar-refractivity contribution < 1.29 is 14.6 Å². The maximum atomic E-state index is 10.7. The molecule has 1 rings (SSSR count). The minimum Gasteiger partial charge on any atom is -0.478 e. The lowest BCUT2D eigenvalue weighted by Gasteiger charge is -2.21. The maximum Gasteiger partial charge on any atom is 0.347 e. The molecular formula is C10H13ClMgO3. The van der Waals surface area contributed by atoms with E-state index in [9.17, 15) is 4.79 Å². The smallest absolute Gasteiger partial charge is 0.347 e. The fourth-order valence-electron chi connectivity index (χ4n) is 0.841. The standard InChI is InChI=1S/C10H11ClO3.Mg.2H/c1-10(2,9(12)13)14-8-5-3-7(11)4-6-8;;;/h3-6H,1-2H3,(H,12,13);;;. The quantitative estimate of drug-likeness (QED) is 0.818. The number of hydrogen-bond acceptors (Lipinski definition) is 2. The monoisotopic (exact) mass is 240 g/mol. The zero-order valence-electron chi connectivity index (χ0n) is 7.95. The molecule has 0 aliphatic carbocycles. The number of rotatable bonds is 3. The molecule has 1 N–H and O–H groups in total. The second-order valence-electron chi connectivity index (χ2n) is 3.37. The Morgan fingerprint density at radius 1 is 1.33 bits per heavy atom. The Morgan fingerprint density at radius 2 is 1.80 bits per heavy atom. The first-order valence-corrected chi connectivity index (χ1v) is 4.47. The molecule has 0 aliphatic heterocycles. The molecule has 0 unspecified atom stereocenters. The molecule has 15 heavy (non-hydrogen) atoms. The van der Waals surface area contributed by atoms with Crippen molar-refractivity contribution in [2.75, 3.05) is 0 Å². The number of benzene rings is 1. The highest BCUT2D eigenvalue weighted by molar-refractivity contribution is 6.30. The molecule has 1 aromatic carbocycles. The van der Waals surface area contributed by atoms with Crippen LogP contribution in [0.25, 0.3) is 0 Å². The number of hydrogen-bond donors (Lipinski definition) is 1. The van der Waals surface area contributed by atoms with Gasteiger partial charge >= 0.3 is 29.0 Å². The van der Waals surface area contributed by atoms with Crippen molar-refractivity contribution in [1.29, 1.82) is 0 Å². The number of aliphatic carboxylic acids is 1. The highest BCUT2D eigenvalue weighted by atomic mass is 35.5. The second-order valence-corrected chi connectivity index (χ2v) is 3.81. The van der Waals surface area contributed by atoms with Gasteiger partial charge in [-0.3, -0.25) is 0 Å². The molecule has 0 aliphatic rings. The van der Waals surface area contributed by atoms with E-state index < -0.39 is 11.6 Å². The average Bonchev–Trinajstić information content (AvgIpc) is 2.08. The molecule has 0 fully saturated rings. The Kier molecular flexibility index (Phi) is 5.41. The molecule has 0 radical (unpaired) electrons. The van der Waals surface area contributed by atoms with Gasteiger partial charge in [0.25, 0.3) is 0 Å². The van der Waals surface area contributed by atoms with Crippen molar-refractivity contribution in [2.45, 2.75) is 19.4 Å². The van der Waals surface area contributed by atoms with E-state index in [0.717, 1.165) is 0 Å². The van der Waals surface area contributed by atoms with Crippen LogP contribution in [0.4, 0.5) is 0 Å². The third-order valence-corrected chi connectivity index (χ3v) is 1.95. The molecule has 0 bridgehead atoms. The topological polar surface area (TPSA) is 46.5 Å². The van der Waals surface area contributed by atoms with Crippen molar-refractivity contribution in [2.24, 2.45) is 0 Å². The van der Waals surface area contributed by atoms with Crippen LogP contribution in [-0.4, -0.2) is 39.7 Å². The molecule has 5 heteroatoms. The van der Waals surface area contributed by atoms with Crippen molar-refractivity contribution in [3.63, 3.8) is 0 Å². The summed E-state index contributed by atoms with van der Waals surface area (Å²) in [4.78, 5) is 10.7. The van der Waals surface area contributed by atoms with Crippen LogP contribution in [-0.2, 0) is 4.79 Å². The summed E-state index contributed by atoms with van der Waals surface area (Å²) in [5.74, 6) is -0.519. The van der Waals surface area contributed by atoms with Gasteiger partial charge < -0.3 is 9.84 Å². The van der Waals surface area contributed by atoms with Crippen LogP contribution in [0.5, 0.6) is 5.75 Å². The van der Waals surface area contributed by atoms with Gasteiger partial charge in [-0.2, -0.15) is 0 Å². The van der Waals surface area contributed by atoms with Crippen LogP contribution in [0, 0.1) is 0 Å². The summed E-state index contributed by atoms with van der Waals surface area (Å²) < 4.78 is 5.26. The van der Waals surface area contributed by atoms with E-state index in [1.165, 1.54) is 13.8 Å². The lowest BCUT2D eigenvalue weighted by Crippen LogP contribution is -2.37. The fourth-order valence-corrected chi connectivity index (χ4v) is 0.967. The van der Waals surface area contributed by atoms with Gasteiger partial charge in [0.2, 0.25) is 0 Å². The first-order valence-electron chi connectivity index (χ1n) is 4.10. The number of carbonyl (C=O) groups is 1. The molecule has 0 heterocycles. The van der Waals surface area contributed by atoms with Gasteiger partial charge in [-0.1, -0.05) is 11.6 Å². The highest BCUT2D eigenvalue weighted by Crippen LogP contribution is 2.20. The second kappa shape index (κ2) is 5.58. The lowest BCUT2D eigenvalue weighted by molar-refractivity contribution is -0.152. The van der Waals surface area contributed by atoms with E-state index in [0.29, 0.717) is 10.8 Å². The molecule has 1 aromatic rings. The van der Waals surface area contributed by atoms with Gasteiger partial charge in [-0.05, 0) is 38.1 Å². The van der Waals surface area contributed by atoms with E-state index in [1.54, 1.807) is 24.3 Å². The van der Waals surface area contributed by atoms with E-state index in [4.69, 9.17) is 21.4 Å². The third kappa shape index (κ3) is 4.28. The minimum atomic E-state index is -1.23. The first kappa shape index (κ1) is 14.5. The predicted octanol–water partition coefficient (Wildman–Crippen LogP) is 1.67. The van der Waals surface area contributed by atoms with Gasteiger partial charge in [0.1, 0.15) is 5.75 Å². The SMILES string of the molecule is CC(C)(Oc1ccc(Cl)cc1)C(=O)O.[MgH2]. The number of carboxylic acids is 1.